The Kier molecular flexibility index (Phi) is 7.59. The third-order valence-electron chi connectivity index (χ3n) is 4.01. The number of nitrogens with one attached hydrogen (secondary N) is 1. The van der Waals surface area contributed by atoms with E-state index in [1.807, 2.05) is 30.3 Å². The van der Waals surface area contributed by atoms with Gasteiger partial charge in [0.25, 0.3) is 5.91 Å². The average molecular weight is 350 g/mol. The SMILES string of the molecule is CCCC1SCC(C(=O)NCCCOC)N1C(=O)c1ccccc1. The second kappa shape index (κ2) is 9.69. The molecule has 1 saturated heterocycles. The highest BCUT2D eigenvalue weighted by Gasteiger charge is 2.41. The number of benzene rings is 1. The lowest BCUT2D eigenvalue weighted by molar-refractivity contribution is -0.124. The molecule has 0 aliphatic carbocycles. The minimum Gasteiger partial charge on any atom is -0.385 e. The van der Waals surface area contributed by atoms with Gasteiger partial charge in [0, 0.05) is 31.6 Å². The summed E-state index contributed by atoms with van der Waals surface area (Å²) < 4.78 is 5.00. The molecular formula is C18H26N2O3S. The van der Waals surface area contributed by atoms with Crippen molar-refractivity contribution in [3.63, 3.8) is 0 Å². The maximum Gasteiger partial charge on any atom is 0.255 e. The molecule has 1 aromatic carbocycles. The molecule has 0 spiro atoms. The minimum absolute atomic E-state index is 0.0592. The first-order valence-corrected chi connectivity index (χ1v) is 9.49. The van der Waals surface area contributed by atoms with E-state index in [2.05, 4.69) is 12.2 Å². The maximum atomic E-state index is 12.9. The largest absolute Gasteiger partial charge is 0.385 e. The van der Waals surface area contributed by atoms with E-state index >= 15 is 0 Å². The van der Waals surface area contributed by atoms with Crippen LogP contribution < -0.4 is 5.32 Å². The molecule has 0 bridgehead atoms. The first kappa shape index (κ1) is 18.8. The van der Waals surface area contributed by atoms with Gasteiger partial charge in [0.15, 0.2) is 0 Å². The number of carbonyl (C=O) groups excluding carboxylic acids is 2. The van der Waals surface area contributed by atoms with Gasteiger partial charge in [-0.25, -0.2) is 0 Å². The summed E-state index contributed by atoms with van der Waals surface area (Å²) in [5, 5.41) is 3.00. The Labute approximate surface area is 148 Å². The number of carbonyl (C=O) groups is 2. The standard InChI is InChI=1S/C18H26N2O3S/c1-3-8-16-20(18(22)14-9-5-4-6-10-14)15(13-24-16)17(21)19-11-7-12-23-2/h4-6,9-10,15-16H,3,7-8,11-13H2,1-2H3,(H,19,21). The first-order chi connectivity index (χ1) is 11.7. The van der Waals surface area contributed by atoms with E-state index < -0.39 is 6.04 Å². The van der Waals surface area contributed by atoms with Crippen molar-refractivity contribution in [2.24, 2.45) is 0 Å². The molecule has 132 valence electrons. The second-order valence-electron chi connectivity index (χ2n) is 5.81. The van der Waals surface area contributed by atoms with Crippen LogP contribution in [0.3, 0.4) is 0 Å². The summed E-state index contributed by atoms with van der Waals surface area (Å²) in [5.74, 6) is 0.525. The molecule has 1 aliphatic rings. The lowest BCUT2D eigenvalue weighted by Gasteiger charge is -2.28. The van der Waals surface area contributed by atoms with Crippen LogP contribution in [-0.2, 0) is 9.53 Å². The van der Waals surface area contributed by atoms with Crippen molar-refractivity contribution in [1.82, 2.24) is 10.2 Å². The Balaban J connectivity index is 2.08. The minimum atomic E-state index is -0.401. The number of hydrogen-bond acceptors (Lipinski definition) is 4. The zero-order valence-corrected chi connectivity index (χ0v) is 15.2. The van der Waals surface area contributed by atoms with Gasteiger partial charge >= 0.3 is 0 Å². The molecule has 1 aromatic rings. The first-order valence-electron chi connectivity index (χ1n) is 8.45. The topological polar surface area (TPSA) is 58.6 Å². The quantitative estimate of drug-likeness (QED) is 0.732. The molecule has 1 heterocycles. The molecule has 2 unspecified atom stereocenters. The van der Waals surface area contributed by atoms with Gasteiger partial charge in [0.1, 0.15) is 6.04 Å². The van der Waals surface area contributed by atoms with Gasteiger partial charge in [-0.05, 0) is 25.0 Å². The Hall–Kier alpha value is -1.53. The third-order valence-corrected chi connectivity index (χ3v) is 5.37. The molecule has 5 nitrogen and oxygen atoms in total. The fourth-order valence-electron chi connectivity index (χ4n) is 2.78. The molecular weight excluding hydrogens is 324 g/mol. The fourth-order valence-corrected chi connectivity index (χ4v) is 4.30. The fraction of sp³-hybridized carbons (Fsp3) is 0.556. The lowest BCUT2D eigenvalue weighted by atomic mass is 10.1. The van der Waals surface area contributed by atoms with Crippen LogP contribution in [0.2, 0.25) is 0 Å². The highest BCUT2D eigenvalue weighted by Crippen LogP contribution is 2.33. The molecule has 2 atom stereocenters. The van der Waals surface area contributed by atoms with Crippen LogP contribution in [0.15, 0.2) is 30.3 Å². The summed E-state index contributed by atoms with van der Waals surface area (Å²) in [5.41, 5.74) is 0.637. The van der Waals surface area contributed by atoms with E-state index in [4.69, 9.17) is 4.74 Å². The highest BCUT2D eigenvalue weighted by molar-refractivity contribution is 8.00. The van der Waals surface area contributed by atoms with Crippen molar-refractivity contribution < 1.29 is 14.3 Å². The number of thioether (sulfide) groups is 1. The van der Waals surface area contributed by atoms with Crippen molar-refractivity contribution in [2.75, 3.05) is 26.0 Å². The van der Waals surface area contributed by atoms with Crippen LogP contribution in [-0.4, -0.2) is 54.1 Å². The zero-order valence-electron chi connectivity index (χ0n) is 14.4. The highest BCUT2D eigenvalue weighted by atomic mass is 32.2. The van der Waals surface area contributed by atoms with Crippen LogP contribution in [0.1, 0.15) is 36.5 Å². The van der Waals surface area contributed by atoms with Crippen molar-refractivity contribution in [3.05, 3.63) is 35.9 Å². The van der Waals surface area contributed by atoms with Crippen LogP contribution in [0.5, 0.6) is 0 Å². The Morgan fingerprint density at radius 1 is 1.33 bits per heavy atom. The zero-order chi connectivity index (χ0) is 17.4. The number of hydrogen-bond donors (Lipinski definition) is 1. The predicted molar refractivity (Wildman–Crippen MR) is 97.1 cm³/mol. The normalized spacial score (nSPS) is 20.2. The molecule has 6 heteroatoms. The smallest absolute Gasteiger partial charge is 0.255 e. The summed E-state index contributed by atoms with van der Waals surface area (Å²) in [6.45, 7) is 3.29. The summed E-state index contributed by atoms with van der Waals surface area (Å²) in [6, 6.07) is 8.81. The third kappa shape index (κ3) is 4.74. The lowest BCUT2D eigenvalue weighted by Crippen LogP contribution is -2.50. The molecule has 0 radical (unpaired) electrons. The molecule has 0 saturated carbocycles. The van der Waals surface area contributed by atoms with Crippen LogP contribution in [0, 0.1) is 0 Å². The number of ether oxygens (including phenoxy) is 1. The second-order valence-corrected chi connectivity index (χ2v) is 7.02. The number of nitrogens with zero attached hydrogens (tertiary/aromatic N) is 1. The molecule has 2 rings (SSSR count). The van der Waals surface area contributed by atoms with Crippen molar-refractivity contribution in [2.45, 2.75) is 37.6 Å². The summed E-state index contributed by atoms with van der Waals surface area (Å²) >= 11 is 1.70. The van der Waals surface area contributed by atoms with Crippen molar-refractivity contribution in [1.29, 1.82) is 0 Å². The molecule has 0 aromatic heterocycles. The summed E-state index contributed by atoms with van der Waals surface area (Å²) in [6.07, 6.45) is 2.65. The monoisotopic (exact) mass is 350 g/mol. The van der Waals surface area contributed by atoms with E-state index in [-0.39, 0.29) is 17.2 Å². The Morgan fingerprint density at radius 2 is 2.08 bits per heavy atom. The van der Waals surface area contributed by atoms with Gasteiger partial charge in [0.2, 0.25) is 5.91 Å². The van der Waals surface area contributed by atoms with Crippen LogP contribution >= 0.6 is 11.8 Å². The average Bonchev–Trinajstić information content (AvgIpc) is 3.03. The van der Waals surface area contributed by atoms with E-state index in [1.165, 1.54) is 0 Å². The van der Waals surface area contributed by atoms with Gasteiger partial charge in [0.05, 0.1) is 5.37 Å². The maximum absolute atomic E-state index is 12.9. The van der Waals surface area contributed by atoms with Crippen molar-refractivity contribution >= 4 is 23.6 Å². The number of amides is 2. The summed E-state index contributed by atoms with van der Waals surface area (Å²) in [4.78, 5) is 27.3. The van der Waals surface area contributed by atoms with Gasteiger partial charge < -0.3 is 15.0 Å². The van der Waals surface area contributed by atoms with Crippen molar-refractivity contribution in [3.8, 4) is 0 Å². The predicted octanol–water partition coefficient (Wildman–Crippen LogP) is 2.52. The number of methoxy groups -OCH3 is 1. The van der Waals surface area contributed by atoms with Gasteiger partial charge in [-0.2, -0.15) is 0 Å². The van der Waals surface area contributed by atoms with Crippen LogP contribution in [0.25, 0.3) is 0 Å². The van der Waals surface area contributed by atoms with E-state index in [1.54, 1.807) is 23.8 Å². The molecule has 2 amide bonds. The molecule has 1 aliphatic heterocycles. The molecule has 1 N–H and O–H groups in total. The van der Waals surface area contributed by atoms with Gasteiger partial charge in [-0.1, -0.05) is 31.5 Å². The van der Waals surface area contributed by atoms with Gasteiger partial charge in [-0.3, -0.25) is 9.59 Å². The molecule has 24 heavy (non-hydrogen) atoms. The van der Waals surface area contributed by atoms with Crippen LogP contribution in [0.4, 0.5) is 0 Å². The molecule has 1 fully saturated rings. The number of rotatable bonds is 8. The van der Waals surface area contributed by atoms with E-state index in [0.717, 1.165) is 19.3 Å². The van der Waals surface area contributed by atoms with E-state index in [0.29, 0.717) is 24.5 Å². The Bertz CT molecular complexity index is 538. The van der Waals surface area contributed by atoms with Gasteiger partial charge in [-0.15, -0.1) is 11.8 Å². The Morgan fingerprint density at radius 3 is 2.75 bits per heavy atom. The van der Waals surface area contributed by atoms with E-state index in [9.17, 15) is 9.59 Å². The summed E-state index contributed by atoms with van der Waals surface area (Å²) in [7, 11) is 1.64.